The fourth-order valence-electron chi connectivity index (χ4n) is 4.27. The largest absolute Gasteiger partial charge is 0.481 e. The maximum absolute atomic E-state index is 10.6. The number of rotatable bonds is 10. The van der Waals surface area contributed by atoms with E-state index in [1.54, 1.807) is 0 Å². The van der Waals surface area contributed by atoms with Crippen LogP contribution in [0.1, 0.15) is 70.3 Å². The third-order valence-electron chi connectivity index (χ3n) is 5.96. The predicted octanol–water partition coefficient (Wildman–Crippen LogP) is 4.89. The van der Waals surface area contributed by atoms with Gasteiger partial charge in [-0.1, -0.05) is 61.8 Å². The summed E-state index contributed by atoms with van der Waals surface area (Å²) in [5.74, 6) is 6.07. The van der Waals surface area contributed by atoms with E-state index in [1.165, 1.54) is 0 Å². The number of aliphatic hydroxyl groups is 2. The second-order valence-electron chi connectivity index (χ2n) is 8.27. The van der Waals surface area contributed by atoms with Crippen LogP contribution in [0.2, 0.25) is 5.02 Å². The molecule has 1 aromatic rings. The molecule has 3 N–H and O–H groups in total. The quantitative estimate of drug-likeness (QED) is 0.372. The summed E-state index contributed by atoms with van der Waals surface area (Å²) in [4.78, 5) is 10.6. The van der Waals surface area contributed by atoms with Crippen molar-refractivity contribution in [3.63, 3.8) is 0 Å². The number of aliphatic hydroxyl groups excluding tert-OH is 2. The third-order valence-corrected chi connectivity index (χ3v) is 6.29. The molecule has 0 spiro atoms. The summed E-state index contributed by atoms with van der Waals surface area (Å²) < 4.78 is 0. The lowest BCUT2D eigenvalue weighted by Gasteiger charge is -2.24. The normalized spacial score (nSPS) is 24.7. The van der Waals surface area contributed by atoms with Gasteiger partial charge in [0.05, 0.1) is 17.2 Å². The Kier molecular flexibility index (Phi) is 10.0. The lowest BCUT2D eigenvalue weighted by molar-refractivity contribution is -0.137. The molecule has 0 bridgehead atoms. The van der Waals surface area contributed by atoms with Gasteiger partial charge in [0, 0.05) is 17.9 Å². The summed E-state index contributed by atoms with van der Waals surface area (Å²) in [7, 11) is 0. The van der Waals surface area contributed by atoms with Crippen molar-refractivity contribution in [3.8, 4) is 11.8 Å². The number of aliphatic carboxylic acids is 1. The predicted molar refractivity (Wildman–Crippen MR) is 116 cm³/mol. The molecule has 1 saturated carbocycles. The minimum atomic E-state index is -0.744. The first-order valence-corrected chi connectivity index (χ1v) is 11.1. The van der Waals surface area contributed by atoms with Gasteiger partial charge in [-0.05, 0) is 56.1 Å². The Hall–Kier alpha value is -1.54. The molecule has 0 radical (unpaired) electrons. The Labute approximate surface area is 179 Å². The molecule has 1 aliphatic carbocycles. The van der Waals surface area contributed by atoms with Gasteiger partial charge in [0.1, 0.15) is 0 Å². The summed E-state index contributed by atoms with van der Waals surface area (Å²) >= 11 is 6.15. The SMILES string of the molecule is CC(C#Cc1ccccc1Cl)CC[C@@H]1[C@@H](CCCCCCC(=O)O)[C@@H](O)C[C@H]1O. The van der Waals surface area contributed by atoms with Crippen LogP contribution in [0.5, 0.6) is 0 Å². The van der Waals surface area contributed by atoms with E-state index in [-0.39, 0.29) is 24.2 Å². The van der Waals surface area contributed by atoms with Gasteiger partial charge in [-0.3, -0.25) is 4.79 Å². The Morgan fingerprint density at radius 2 is 1.76 bits per heavy atom. The fourth-order valence-corrected chi connectivity index (χ4v) is 4.45. The number of hydrogen-bond donors (Lipinski definition) is 3. The summed E-state index contributed by atoms with van der Waals surface area (Å²) in [6, 6.07) is 7.55. The van der Waals surface area contributed by atoms with Gasteiger partial charge in [0.15, 0.2) is 0 Å². The van der Waals surface area contributed by atoms with E-state index in [0.717, 1.165) is 44.1 Å². The lowest BCUT2D eigenvalue weighted by Crippen LogP contribution is -2.22. The molecule has 0 aliphatic heterocycles. The van der Waals surface area contributed by atoms with Crippen molar-refractivity contribution in [1.82, 2.24) is 0 Å². The van der Waals surface area contributed by atoms with Crippen molar-refractivity contribution in [1.29, 1.82) is 0 Å². The summed E-state index contributed by atoms with van der Waals surface area (Å²) in [5.41, 5.74) is 0.832. The number of hydrogen-bond acceptors (Lipinski definition) is 3. The maximum Gasteiger partial charge on any atom is 0.303 e. The van der Waals surface area contributed by atoms with Crippen LogP contribution in [0.3, 0.4) is 0 Å². The first-order valence-electron chi connectivity index (χ1n) is 10.7. The average molecular weight is 421 g/mol. The molecule has 1 unspecified atom stereocenters. The zero-order valence-electron chi connectivity index (χ0n) is 17.2. The Morgan fingerprint density at radius 3 is 2.45 bits per heavy atom. The number of carboxylic acids is 1. The van der Waals surface area contributed by atoms with Crippen molar-refractivity contribution >= 4 is 17.6 Å². The van der Waals surface area contributed by atoms with Crippen molar-refractivity contribution in [3.05, 3.63) is 34.9 Å². The highest BCUT2D eigenvalue weighted by Crippen LogP contribution is 2.39. The molecule has 160 valence electrons. The molecule has 4 nitrogen and oxygen atoms in total. The van der Waals surface area contributed by atoms with Gasteiger partial charge >= 0.3 is 5.97 Å². The standard InChI is InChI=1S/C24H33ClO4/c1-17(12-14-18-8-6-7-10-21(18)25)13-15-20-19(22(26)16-23(20)27)9-4-2-3-5-11-24(28)29/h6-8,10,17,19-20,22-23,26-27H,2-5,9,11,13,15-16H2,1H3,(H,28,29)/t17?,19-,20-,22+,23-/m1/s1. The second-order valence-corrected chi connectivity index (χ2v) is 8.68. The van der Waals surface area contributed by atoms with Gasteiger partial charge in [-0.25, -0.2) is 0 Å². The highest BCUT2D eigenvalue weighted by atomic mass is 35.5. The Balaban J connectivity index is 1.79. The highest BCUT2D eigenvalue weighted by molar-refractivity contribution is 6.31. The minimum absolute atomic E-state index is 0.105. The van der Waals surface area contributed by atoms with Gasteiger partial charge in [0.25, 0.3) is 0 Å². The fraction of sp³-hybridized carbons (Fsp3) is 0.625. The maximum atomic E-state index is 10.6. The van der Waals surface area contributed by atoms with Crippen LogP contribution in [0.25, 0.3) is 0 Å². The first kappa shape index (κ1) is 23.7. The van der Waals surface area contributed by atoms with Crippen LogP contribution in [0, 0.1) is 29.6 Å². The molecule has 1 aliphatic rings. The van der Waals surface area contributed by atoms with E-state index < -0.39 is 18.2 Å². The van der Waals surface area contributed by atoms with E-state index in [4.69, 9.17) is 16.7 Å². The molecule has 5 atom stereocenters. The first-order chi connectivity index (χ1) is 13.9. The second kappa shape index (κ2) is 12.2. The molecular weight excluding hydrogens is 388 g/mol. The van der Waals surface area contributed by atoms with Crippen LogP contribution in [-0.2, 0) is 4.79 Å². The Bertz CT molecular complexity index is 708. The molecule has 2 rings (SSSR count). The van der Waals surface area contributed by atoms with Crippen LogP contribution in [-0.4, -0.2) is 33.5 Å². The summed E-state index contributed by atoms with van der Waals surface area (Å²) in [6.45, 7) is 2.08. The van der Waals surface area contributed by atoms with Crippen LogP contribution >= 0.6 is 11.6 Å². The molecule has 1 fully saturated rings. The van der Waals surface area contributed by atoms with Crippen LogP contribution in [0.4, 0.5) is 0 Å². The lowest BCUT2D eigenvalue weighted by atomic mass is 9.84. The number of unbranched alkanes of at least 4 members (excludes halogenated alkanes) is 3. The van der Waals surface area contributed by atoms with E-state index in [1.807, 2.05) is 24.3 Å². The molecule has 5 heteroatoms. The van der Waals surface area contributed by atoms with Crippen molar-refractivity contribution < 1.29 is 20.1 Å². The van der Waals surface area contributed by atoms with E-state index >= 15 is 0 Å². The van der Waals surface area contributed by atoms with Gasteiger partial charge in [-0.2, -0.15) is 0 Å². The molecule has 0 aromatic heterocycles. The molecule has 0 saturated heterocycles. The number of carbonyl (C=O) groups is 1. The van der Waals surface area contributed by atoms with Gasteiger partial charge < -0.3 is 15.3 Å². The molecular formula is C24H33ClO4. The van der Waals surface area contributed by atoms with Crippen LogP contribution < -0.4 is 0 Å². The van der Waals surface area contributed by atoms with Crippen molar-refractivity contribution in [2.75, 3.05) is 0 Å². The average Bonchev–Trinajstić information content (AvgIpc) is 2.94. The molecule has 29 heavy (non-hydrogen) atoms. The van der Waals surface area contributed by atoms with E-state index in [9.17, 15) is 15.0 Å². The molecule has 1 aromatic carbocycles. The molecule has 0 heterocycles. The van der Waals surface area contributed by atoms with Crippen LogP contribution in [0.15, 0.2) is 24.3 Å². The number of benzene rings is 1. The van der Waals surface area contributed by atoms with Gasteiger partial charge in [0.2, 0.25) is 0 Å². The van der Waals surface area contributed by atoms with Crippen molar-refractivity contribution in [2.24, 2.45) is 17.8 Å². The monoisotopic (exact) mass is 420 g/mol. The third kappa shape index (κ3) is 8.01. The summed E-state index contributed by atoms with van der Waals surface area (Å²) in [5, 5.41) is 30.1. The zero-order chi connectivity index (χ0) is 21.2. The van der Waals surface area contributed by atoms with E-state index in [0.29, 0.717) is 17.9 Å². The minimum Gasteiger partial charge on any atom is -0.481 e. The van der Waals surface area contributed by atoms with Gasteiger partial charge in [-0.15, -0.1) is 0 Å². The summed E-state index contributed by atoms with van der Waals surface area (Å²) in [6.07, 6.45) is 5.92. The smallest absolute Gasteiger partial charge is 0.303 e. The zero-order valence-corrected chi connectivity index (χ0v) is 17.9. The Morgan fingerprint density at radius 1 is 1.10 bits per heavy atom. The number of carboxylic acid groups (broad SMARTS) is 1. The topological polar surface area (TPSA) is 77.8 Å². The highest BCUT2D eigenvalue weighted by Gasteiger charge is 2.40. The van der Waals surface area contributed by atoms with E-state index in [2.05, 4.69) is 18.8 Å². The molecule has 0 amide bonds. The van der Waals surface area contributed by atoms with Crippen molar-refractivity contribution in [2.45, 2.75) is 76.9 Å². The number of halogens is 1.